The summed E-state index contributed by atoms with van der Waals surface area (Å²) < 4.78 is 0. The number of carbonyl (C=O) groups excluding carboxylic acids is 2. The summed E-state index contributed by atoms with van der Waals surface area (Å²) in [5, 5.41) is 0. The van der Waals surface area contributed by atoms with E-state index in [0.29, 0.717) is 0 Å². The van der Waals surface area contributed by atoms with Crippen LogP contribution in [0.5, 0.6) is 0 Å². The minimum absolute atomic E-state index is 0.0904. The van der Waals surface area contributed by atoms with Crippen LogP contribution in [0.4, 0.5) is 0 Å². The van der Waals surface area contributed by atoms with Crippen molar-refractivity contribution in [1.29, 1.82) is 0 Å². The molecule has 0 radical (unpaired) electrons. The highest BCUT2D eigenvalue weighted by molar-refractivity contribution is 5.92. The fourth-order valence-corrected chi connectivity index (χ4v) is 0.535. The first-order valence-electron chi connectivity index (χ1n) is 3.44. The summed E-state index contributed by atoms with van der Waals surface area (Å²) in [7, 11) is 0. The van der Waals surface area contributed by atoms with E-state index in [1.807, 2.05) is 0 Å². The Kier molecular flexibility index (Phi) is 5.26. The molecule has 12 heavy (non-hydrogen) atoms. The van der Waals surface area contributed by atoms with Crippen LogP contribution in [0.25, 0.3) is 0 Å². The molecule has 3 heteroatoms. The van der Waals surface area contributed by atoms with Gasteiger partial charge in [0.2, 0.25) is 5.91 Å². The van der Waals surface area contributed by atoms with Gasteiger partial charge in [-0.15, -0.1) is 0 Å². The number of primary amides is 1. The van der Waals surface area contributed by atoms with Gasteiger partial charge in [0.25, 0.3) is 0 Å². The molecule has 0 heterocycles. The van der Waals surface area contributed by atoms with E-state index in [2.05, 4.69) is 6.58 Å². The number of allylic oxidation sites excluding steroid dienone is 4. The van der Waals surface area contributed by atoms with E-state index >= 15 is 0 Å². The topological polar surface area (TPSA) is 60.2 Å². The number of carbonyl (C=O) groups is 2. The van der Waals surface area contributed by atoms with Gasteiger partial charge in [-0.05, 0) is 12.2 Å². The zero-order chi connectivity index (χ0) is 9.40. The smallest absolute Gasteiger partial charge is 0.241 e. The van der Waals surface area contributed by atoms with Gasteiger partial charge in [-0.25, -0.2) is 0 Å². The first-order valence-corrected chi connectivity index (χ1v) is 3.44. The number of hydrogen-bond donors (Lipinski definition) is 1. The molecule has 0 rings (SSSR count). The first kappa shape index (κ1) is 10.4. The third-order valence-corrected chi connectivity index (χ3v) is 1.02. The molecule has 3 nitrogen and oxygen atoms in total. The molecule has 0 saturated heterocycles. The molecule has 0 saturated carbocycles. The van der Waals surface area contributed by atoms with Gasteiger partial charge in [-0.2, -0.15) is 0 Å². The standard InChI is InChI=1S/C9H11NO2/c1-2-3-5-8(11)6-4-7-9(10)12/h2-5,7H,1,6H2,(H2,10,12)/b5-3+,7-4+. The van der Waals surface area contributed by atoms with Crippen LogP contribution in [-0.4, -0.2) is 11.7 Å². The van der Waals surface area contributed by atoms with Crippen LogP contribution in [-0.2, 0) is 9.59 Å². The molecule has 0 aliphatic rings. The summed E-state index contributed by atoms with van der Waals surface area (Å²) in [5.41, 5.74) is 4.81. The van der Waals surface area contributed by atoms with Crippen molar-refractivity contribution in [2.75, 3.05) is 0 Å². The fraction of sp³-hybridized carbons (Fsp3) is 0.111. The highest BCUT2D eigenvalue weighted by atomic mass is 16.1. The average Bonchev–Trinajstić information content (AvgIpc) is 2.00. The molecule has 2 N–H and O–H groups in total. The predicted molar refractivity (Wildman–Crippen MR) is 47.3 cm³/mol. The second-order valence-corrected chi connectivity index (χ2v) is 2.07. The van der Waals surface area contributed by atoms with E-state index in [1.54, 1.807) is 6.08 Å². The second-order valence-electron chi connectivity index (χ2n) is 2.07. The molecule has 0 aromatic rings. The second kappa shape index (κ2) is 6.09. The number of hydrogen-bond acceptors (Lipinski definition) is 2. The molecule has 0 atom stereocenters. The highest BCUT2D eigenvalue weighted by Crippen LogP contribution is 1.88. The van der Waals surface area contributed by atoms with Crippen molar-refractivity contribution >= 4 is 11.7 Å². The Morgan fingerprint density at radius 2 is 2.00 bits per heavy atom. The first-order chi connectivity index (χ1) is 5.66. The Labute approximate surface area is 71.3 Å². The quantitative estimate of drug-likeness (QED) is 0.482. The maximum absolute atomic E-state index is 10.8. The molecule has 64 valence electrons. The van der Waals surface area contributed by atoms with Crippen molar-refractivity contribution in [1.82, 2.24) is 0 Å². The summed E-state index contributed by atoms with van der Waals surface area (Å²) >= 11 is 0. The lowest BCUT2D eigenvalue weighted by atomic mass is 10.2. The largest absolute Gasteiger partial charge is 0.366 e. The van der Waals surface area contributed by atoms with E-state index in [1.165, 1.54) is 24.3 Å². The Hall–Kier alpha value is -1.64. The van der Waals surface area contributed by atoms with Crippen molar-refractivity contribution in [3.05, 3.63) is 37.0 Å². The minimum Gasteiger partial charge on any atom is -0.366 e. The van der Waals surface area contributed by atoms with E-state index in [0.717, 1.165) is 0 Å². The average molecular weight is 165 g/mol. The minimum atomic E-state index is -0.546. The van der Waals surface area contributed by atoms with E-state index in [-0.39, 0.29) is 12.2 Å². The number of ketones is 1. The molecule has 0 aliphatic carbocycles. The lowest BCUT2D eigenvalue weighted by Gasteiger charge is -1.84. The fourth-order valence-electron chi connectivity index (χ4n) is 0.535. The summed E-state index contributed by atoms with van der Waals surface area (Å²) in [4.78, 5) is 21.0. The lowest BCUT2D eigenvalue weighted by molar-refractivity contribution is -0.114. The van der Waals surface area contributed by atoms with Crippen LogP contribution in [0.1, 0.15) is 6.42 Å². The van der Waals surface area contributed by atoms with Crippen molar-refractivity contribution in [2.24, 2.45) is 5.73 Å². The van der Waals surface area contributed by atoms with Crippen LogP contribution in [0.15, 0.2) is 37.0 Å². The van der Waals surface area contributed by atoms with Crippen molar-refractivity contribution < 1.29 is 9.59 Å². The van der Waals surface area contributed by atoms with Crippen molar-refractivity contribution in [3.8, 4) is 0 Å². The molecule has 0 fully saturated rings. The third kappa shape index (κ3) is 6.48. The molecule has 0 aromatic heterocycles. The molecule has 1 amide bonds. The summed E-state index contributed by atoms with van der Waals surface area (Å²) in [5.74, 6) is -0.636. The van der Waals surface area contributed by atoms with Gasteiger partial charge in [0, 0.05) is 6.42 Å². The van der Waals surface area contributed by atoms with Gasteiger partial charge < -0.3 is 5.73 Å². The van der Waals surface area contributed by atoms with Gasteiger partial charge in [0.15, 0.2) is 5.78 Å². The molecular weight excluding hydrogens is 154 g/mol. The summed E-state index contributed by atoms with van der Waals surface area (Å²) in [6.07, 6.45) is 7.22. The monoisotopic (exact) mass is 165 g/mol. The van der Waals surface area contributed by atoms with E-state index in [4.69, 9.17) is 5.73 Å². The van der Waals surface area contributed by atoms with Crippen LogP contribution >= 0.6 is 0 Å². The zero-order valence-corrected chi connectivity index (χ0v) is 6.69. The van der Waals surface area contributed by atoms with Crippen molar-refractivity contribution in [2.45, 2.75) is 6.42 Å². The SMILES string of the molecule is C=C/C=C/C(=O)C/C=C/C(N)=O. The van der Waals surface area contributed by atoms with Crippen LogP contribution < -0.4 is 5.73 Å². The molecule has 0 aliphatic heterocycles. The molecular formula is C9H11NO2. The van der Waals surface area contributed by atoms with E-state index in [9.17, 15) is 9.59 Å². The normalized spacial score (nSPS) is 10.7. The van der Waals surface area contributed by atoms with Crippen LogP contribution in [0.2, 0.25) is 0 Å². The predicted octanol–water partition coefficient (Wildman–Crippen LogP) is 0.729. The lowest BCUT2D eigenvalue weighted by Crippen LogP contribution is -2.05. The molecule has 0 spiro atoms. The summed E-state index contributed by atoms with van der Waals surface area (Å²) in [6.45, 7) is 3.41. The van der Waals surface area contributed by atoms with Gasteiger partial charge in [-0.1, -0.05) is 24.8 Å². The molecule has 0 bridgehead atoms. The zero-order valence-electron chi connectivity index (χ0n) is 6.69. The molecule has 0 aromatic carbocycles. The third-order valence-electron chi connectivity index (χ3n) is 1.02. The van der Waals surface area contributed by atoms with E-state index < -0.39 is 5.91 Å². The van der Waals surface area contributed by atoms with Gasteiger partial charge in [0.05, 0.1) is 0 Å². The maximum atomic E-state index is 10.8. The number of amides is 1. The van der Waals surface area contributed by atoms with Gasteiger partial charge in [-0.3, -0.25) is 9.59 Å². The van der Waals surface area contributed by atoms with Crippen LogP contribution in [0.3, 0.4) is 0 Å². The number of nitrogens with two attached hydrogens (primary N) is 1. The Morgan fingerprint density at radius 1 is 1.33 bits per heavy atom. The summed E-state index contributed by atoms with van der Waals surface area (Å²) in [6, 6.07) is 0. The molecule has 0 unspecified atom stereocenters. The van der Waals surface area contributed by atoms with Crippen molar-refractivity contribution in [3.63, 3.8) is 0 Å². The van der Waals surface area contributed by atoms with Crippen LogP contribution in [0, 0.1) is 0 Å². The number of rotatable bonds is 5. The Balaban J connectivity index is 3.78. The highest BCUT2D eigenvalue weighted by Gasteiger charge is 1.90. The van der Waals surface area contributed by atoms with Gasteiger partial charge >= 0.3 is 0 Å². The Bertz CT molecular complexity index is 239. The van der Waals surface area contributed by atoms with Gasteiger partial charge in [0.1, 0.15) is 0 Å². The maximum Gasteiger partial charge on any atom is 0.241 e. The Morgan fingerprint density at radius 3 is 2.50 bits per heavy atom.